The highest BCUT2D eigenvalue weighted by Gasteiger charge is 2.18. The van der Waals surface area contributed by atoms with Crippen LogP contribution in [0, 0.1) is 0 Å². The van der Waals surface area contributed by atoms with E-state index in [1.165, 1.54) is 22.1 Å². The minimum atomic E-state index is 0.589. The van der Waals surface area contributed by atoms with Crippen LogP contribution in [0.15, 0.2) is 192 Å². The van der Waals surface area contributed by atoms with E-state index in [2.05, 4.69) is 152 Å². The lowest BCUT2D eigenvalue weighted by atomic mass is 9.93. The minimum absolute atomic E-state index is 0.589. The lowest BCUT2D eigenvalue weighted by molar-refractivity contribution is 0.669. The first-order valence-corrected chi connectivity index (χ1v) is 17.8. The second-order valence-corrected chi connectivity index (χ2v) is 13.2. The molecule has 4 heteroatoms. The Morgan fingerprint density at radius 3 is 1.43 bits per heavy atom. The van der Waals surface area contributed by atoms with Gasteiger partial charge < -0.3 is 4.42 Å². The predicted octanol–water partition coefficient (Wildman–Crippen LogP) is 12.9. The molecule has 0 spiro atoms. The van der Waals surface area contributed by atoms with E-state index in [1.807, 2.05) is 36.4 Å². The van der Waals surface area contributed by atoms with E-state index >= 15 is 0 Å². The summed E-state index contributed by atoms with van der Waals surface area (Å²) in [4.78, 5) is 15.0. The molecule has 0 bridgehead atoms. The maximum absolute atomic E-state index is 6.71. The Kier molecular flexibility index (Phi) is 7.43. The molecule has 0 N–H and O–H groups in total. The van der Waals surface area contributed by atoms with Gasteiger partial charge in [0.05, 0.1) is 0 Å². The molecule has 0 saturated heterocycles. The van der Waals surface area contributed by atoms with Gasteiger partial charge >= 0.3 is 0 Å². The summed E-state index contributed by atoms with van der Waals surface area (Å²) in [6.07, 6.45) is 0. The van der Waals surface area contributed by atoms with Crippen LogP contribution in [-0.2, 0) is 0 Å². The van der Waals surface area contributed by atoms with Crippen LogP contribution in [-0.4, -0.2) is 15.0 Å². The van der Waals surface area contributed by atoms with Crippen molar-refractivity contribution in [1.29, 1.82) is 0 Å². The summed E-state index contributed by atoms with van der Waals surface area (Å²) < 4.78 is 6.71. The van der Waals surface area contributed by atoms with Crippen LogP contribution < -0.4 is 0 Å². The van der Waals surface area contributed by atoms with Crippen LogP contribution in [0.25, 0.3) is 100 Å². The summed E-state index contributed by atoms with van der Waals surface area (Å²) >= 11 is 0. The van der Waals surface area contributed by atoms with Crippen molar-refractivity contribution in [2.24, 2.45) is 0 Å². The summed E-state index contributed by atoms with van der Waals surface area (Å²) in [5.41, 5.74) is 11.3. The van der Waals surface area contributed by atoms with E-state index in [1.54, 1.807) is 0 Å². The van der Waals surface area contributed by atoms with E-state index in [0.717, 1.165) is 60.7 Å². The van der Waals surface area contributed by atoms with Crippen LogP contribution >= 0.6 is 0 Å². The van der Waals surface area contributed by atoms with Gasteiger partial charge in [-0.3, -0.25) is 0 Å². The maximum Gasteiger partial charge on any atom is 0.164 e. The molecular weight excluding hydrogens is 647 g/mol. The molecule has 4 nitrogen and oxygen atoms in total. The van der Waals surface area contributed by atoms with Crippen LogP contribution in [0.2, 0.25) is 0 Å². The fourth-order valence-corrected chi connectivity index (χ4v) is 7.31. The second kappa shape index (κ2) is 12.9. The molecule has 0 aliphatic heterocycles. The number of hydrogen-bond donors (Lipinski definition) is 0. The third-order valence-corrected chi connectivity index (χ3v) is 9.94. The van der Waals surface area contributed by atoms with Crippen molar-refractivity contribution < 1.29 is 4.42 Å². The average molecular weight is 678 g/mol. The first kappa shape index (κ1) is 30.6. The van der Waals surface area contributed by atoms with Crippen molar-refractivity contribution in [2.75, 3.05) is 0 Å². The largest absolute Gasteiger partial charge is 0.456 e. The Morgan fingerprint density at radius 2 is 0.755 bits per heavy atom. The molecule has 0 saturated carbocycles. The molecule has 0 amide bonds. The van der Waals surface area contributed by atoms with Crippen molar-refractivity contribution in [2.45, 2.75) is 0 Å². The van der Waals surface area contributed by atoms with Gasteiger partial charge in [0.2, 0.25) is 0 Å². The molecule has 2 aromatic heterocycles. The third kappa shape index (κ3) is 5.63. The number of fused-ring (bicyclic) bond motifs is 5. The van der Waals surface area contributed by atoms with Crippen molar-refractivity contribution in [3.63, 3.8) is 0 Å². The van der Waals surface area contributed by atoms with Crippen molar-refractivity contribution in [3.8, 4) is 67.5 Å². The van der Waals surface area contributed by atoms with Gasteiger partial charge in [-0.05, 0) is 68.4 Å². The van der Waals surface area contributed by atoms with E-state index in [0.29, 0.717) is 17.5 Å². The molecule has 10 rings (SSSR count). The summed E-state index contributed by atoms with van der Waals surface area (Å²) in [7, 11) is 0. The highest BCUT2D eigenvalue weighted by atomic mass is 16.3. The van der Waals surface area contributed by atoms with Gasteiger partial charge in [0, 0.05) is 27.5 Å². The molecule has 10 aromatic rings. The van der Waals surface area contributed by atoms with E-state index in [-0.39, 0.29) is 0 Å². The van der Waals surface area contributed by atoms with E-state index in [9.17, 15) is 0 Å². The molecule has 0 aliphatic carbocycles. The number of benzene rings is 8. The highest BCUT2D eigenvalue weighted by Crippen LogP contribution is 2.41. The molecule has 0 radical (unpaired) electrons. The summed E-state index contributed by atoms with van der Waals surface area (Å²) in [6, 6.07) is 65.2. The molecule has 0 unspecified atom stereocenters. The Bertz CT molecular complexity index is 2920. The van der Waals surface area contributed by atoms with Crippen molar-refractivity contribution >= 4 is 32.7 Å². The van der Waals surface area contributed by atoms with Gasteiger partial charge in [-0.1, -0.05) is 164 Å². The zero-order chi connectivity index (χ0) is 35.1. The Morgan fingerprint density at radius 1 is 0.283 bits per heavy atom. The lowest BCUT2D eigenvalue weighted by Crippen LogP contribution is -2.00. The number of furan rings is 1. The fourth-order valence-electron chi connectivity index (χ4n) is 7.31. The standard InChI is InChI=1S/C49H31N3O/c1-4-13-32(14-5-1)34-23-25-36(26-24-34)48-50-47(35-17-8-3-9-18-35)51-49(52-48)39-27-28-42-44(30-39)53-45-31-43(40-21-10-11-22-41(40)46(42)45)38-20-12-19-37(29-38)33-15-6-2-7-16-33/h1-31H. The topological polar surface area (TPSA) is 51.8 Å². The highest BCUT2D eigenvalue weighted by molar-refractivity contribution is 6.22. The van der Waals surface area contributed by atoms with Gasteiger partial charge in [-0.25, -0.2) is 15.0 Å². The van der Waals surface area contributed by atoms with E-state index in [4.69, 9.17) is 19.4 Å². The molecular formula is C49H31N3O. The number of rotatable bonds is 6. The maximum atomic E-state index is 6.71. The molecule has 2 heterocycles. The molecule has 0 fully saturated rings. The van der Waals surface area contributed by atoms with Crippen molar-refractivity contribution in [1.82, 2.24) is 15.0 Å². The lowest BCUT2D eigenvalue weighted by Gasteiger charge is -2.10. The Hall–Kier alpha value is -7.17. The van der Waals surface area contributed by atoms with Gasteiger partial charge in [-0.2, -0.15) is 0 Å². The first-order valence-electron chi connectivity index (χ1n) is 17.8. The van der Waals surface area contributed by atoms with Gasteiger partial charge in [0.25, 0.3) is 0 Å². The second-order valence-electron chi connectivity index (χ2n) is 13.2. The van der Waals surface area contributed by atoms with Gasteiger partial charge in [0.1, 0.15) is 11.2 Å². The number of hydrogen-bond acceptors (Lipinski definition) is 4. The molecule has 0 atom stereocenters. The van der Waals surface area contributed by atoms with Crippen LogP contribution in [0.4, 0.5) is 0 Å². The first-order chi connectivity index (χ1) is 26.2. The smallest absolute Gasteiger partial charge is 0.164 e. The summed E-state index contributed by atoms with van der Waals surface area (Å²) in [5, 5.41) is 4.50. The van der Waals surface area contributed by atoms with Crippen LogP contribution in [0.1, 0.15) is 0 Å². The third-order valence-electron chi connectivity index (χ3n) is 9.94. The summed E-state index contributed by atoms with van der Waals surface area (Å²) in [5.74, 6) is 1.83. The molecule has 248 valence electrons. The monoisotopic (exact) mass is 677 g/mol. The number of nitrogens with zero attached hydrogens (tertiary/aromatic N) is 3. The van der Waals surface area contributed by atoms with E-state index < -0.39 is 0 Å². The molecule has 53 heavy (non-hydrogen) atoms. The predicted molar refractivity (Wildman–Crippen MR) is 217 cm³/mol. The zero-order valence-electron chi connectivity index (χ0n) is 28.6. The quantitative estimate of drug-likeness (QED) is 0.176. The SMILES string of the molecule is c1ccc(-c2ccc(-c3nc(-c4ccccc4)nc(-c4ccc5c(c4)oc4cc(-c6cccc(-c7ccccc7)c6)c6ccccc6c45)n3)cc2)cc1. The Balaban J connectivity index is 1.10. The average Bonchev–Trinajstić information content (AvgIpc) is 3.62. The summed E-state index contributed by atoms with van der Waals surface area (Å²) in [6.45, 7) is 0. The minimum Gasteiger partial charge on any atom is -0.456 e. The fraction of sp³-hybridized carbons (Fsp3) is 0. The Labute approximate surface area is 306 Å². The van der Waals surface area contributed by atoms with Crippen molar-refractivity contribution in [3.05, 3.63) is 188 Å². The van der Waals surface area contributed by atoms with Crippen LogP contribution in [0.5, 0.6) is 0 Å². The molecule has 0 aliphatic rings. The molecule has 8 aromatic carbocycles. The number of aromatic nitrogens is 3. The van der Waals surface area contributed by atoms with Gasteiger partial charge in [-0.15, -0.1) is 0 Å². The zero-order valence-corrected chi connectivity index (χ0v) is 28.6. The van der Waals surface area contributed by atoms with Crippen LogP contribution in [0.3, 0.4) is 0 Å². The van der Waals surface area contributed by atoms with Gasteiger partial charge in [0.15, 0.2) is 17.5 Å². The normalized spacial score (nSPS) is 11.4.